The number of hydrogen-bond acceptors (Lipinski definition) is 2. The standard InChI is InChI=1S/C9H17ClO2/c1-6-5-11-9(4-10)12-8(3)7(6)2/h6-9H,4-5H2,1-3H3. The van der Waals surface area contributed by atoms with E-state index in [0.717, 1.165) is 6.61 Å². The van der Waals surface area contributed by atoms with Crippen LogP contribution in [-0.2, 0) is 9.47 Å². The van der Waals surface area contributed by atoms with E-state index in [1.54, 1.807) is 0 Å². The topological polar surface area (TPSA) is 18.5 Å². The van der Waals surface area contributed by atoms with Gasteiger partial charge in [-0.05, 0) is 18.8 Å². The van der Waals surface area contributed by atoms with Crippen LogP contribution in [0.4, 0.5) is 0 Å². The number of rotatable bonds is 1. The predicted molar refractivity (Wildman–Crippen MR) is 49.3 cm³/mol. The van der Waals surface area contributed by atoms with Crippen LogP contribution in [0.2, 0.25) is 0 Å². The van der Waals surface area contributed by atoms with E-state index in [0.29, 0.717) is 17.7 Å². The molecule has 3 heteroatoms. The Bertz CT molecular complexity index is 140. The second kappa shape index (κ2) is 4.45. The molecule has 1 saturated heterocycles. The van der Waals surface area contributed by atoms with Gasteiger partial charge in [-0.25, -0.2) is 0 Å². The zero-order valence-corrected chi connectivity index (χ0v) is 8.67. The van der Waals surface area contributed by atoms with Crippen molar-refractivity contribution in [2.45, 2.75) is 33.2 Å². The number of halogens is 1. The maximum Gasteiger partial charge on any atom is 0.171 e. The van der Waals surface area contributed by atoms with Gasteiger partial charge in [0.05, 0.1) is 18.6 Å². The number of ether oxygens (including phenoxy) is 2. The van der Waals surface area contributed by atoms with E-state index in [9.17, 15) is 0 Å². The average Bonchev–Trinajstić information content (AvgIpc) is 2.19. The van der Waals surface area contributed by atoms with Crippen molar-refractivity contribution in [1.82, 2.24) is 0 Å². The molecule has 0 radical (unpaired) electrons. The molecular weight excluding hydrogens is 176 g/mol. The Balaban J connectivity index is 2.53. The maximum absolute atomic E-state index is 5.66. The Morgan fingerprint density at radius 1 is 1.33 bits per heavy atom. The minimum absolute atomic E-state index is 0.214. The second-order valence-electron chi connectivity index (χ2n) is 3.59. The van der Waals surface area contributed by atoms with E-state index in [-0.39, 0.29) is 12.4 Å². The van der Waals surface area contributed by atoms with Crippen LogP contribution in [0.1, 0.15) is 20.8 Å². The zero-order chi connectivity index (χ0) is 9.14. The monoisotopic (exact) mass is 192 g/mol. The Kier molecular flexibility index (Phi) is 3.81. The molecule has 1 heterocycles. The van der Waals surface area contributed by atoms with Crippen molar-refractivity contribution in [1.29, 1.82) is 0 Å². The fourth-order valence-corrected chi connectivity index (χ4v) is 1.52. The van der Waals surface area contributed by atoms with Gasteiger partial charge in [-0.2, -0.15) is 0 Å². The van der Waals surface area contributed by atoms with Gasteiger partial charge in [-0.3, -0.25) is 0 Å². The molecule has 0 bridgehead atoms. The quantitative estimate of drug-likeness (QED) is 0.594. The molecule has 0 saturated carbocycles. The number of hydrogen-bond donors (Lipinski definition) is 0. The van der Waals surface area contributed by atoms with Crippen LogP contribution in [0.3, 0.4) is 0 Å². The molecule has 0 spiro atoms. The zero-order valence-electron chi connectivity index (χ0n) is 7.92. The first kappa shape index (κ1) is 10.3. The molecule has 1 fully saturated rings. The molecule has 4 atom stereocenters. The smallest absolute Gasteiger partial charge is 0.171 e. The Morgan fingerprint density at radius 3 is 2.58 bits per heavy atom. The third kappa shape index (κ3) is 2.35. The fourth-order valence-electron chi connectivity index (χ4n) is 1.36. The maximum atomic E-state index is 5.66. The molecule has 1 rings (SSSR count). The van der Waals surface area contributed by atoms with Crippen LogP contribution < -0.4 is 0 Å². The normalized spacial score (nSPS) is 44.0. The molecule has 0 amide bonds. The summed E-state index contributed by atoms with van der Waals surface area (Å²) < 4.78 is 11.0. The van der Waals surface area contributed by atoms with Crippen LogP contribution in [0.15, 0.2) is 0 Å². The van der Waals surface area contributed by atoms with Gasteiger partial charge in [0.2, 0.25) is 0 Å². The Hall–Kier alpha value is 0.210. The van der Waals surface area contributed by atoms with E-state index < -0.39 is 0 Å². The van der Waals surface area contributed by atoms with Crippen LogP contribution in [0.25, 0.3) is 0 Å². The fraction of sp³-hybridized carbons (Fsp3) is 1.00. The minimum atomic E-state index is -0.214. The van der Waals surface area contributed by atoms with Crippen LogP contribution in [-0.4, -0.2) is 24.9 Å². The molecule has 0 aromatic rings. The second-order valence-corrected chi connectivity index (χ2v) is 3.90. The lowest BCUT2D eigenvalue weighted by Gasteiger charge is -2.21. The summed E-state index contributed by atoms with van der Waals surface area (Å²) in [6.45, 7) is 7.20. The Morgan fingerprint density at radius 2 is 2.00 bits per heavy atom. The minimum Gasteiger partial charge on any atom is -0.351 e. The van der Waals surface area contributed by atoms with Crippen molar-refractivity contribution in [2.75, 3.05) is 12.5 Å². The first-order valence-corrected chi connectivity index (χ1v) is 5.01. The third-order valence-corrected chi connectivity index (χ3v) is 2.93. The molecule has 0 N–H and O–H groups in total. The molecule has 12 heavy (non-hydrogen) atoms. The molecule has 0 aromatic carbocycles. The van der Waals surface area contributed by atoms with Crippen LogP contribution in [0.5, 0.6) is 0 Å². The summed E-state index contributed by atoms with van der Waals surface area (Å²) in [5.41, 5.74) is 0. The van der Waals surface area contributed by atoms with Gasteiger partial charge in [0, 0.05) is 0 Å². The molecule has 4 unspecified atom stereocenters. The number of alkyl halides is 1. The first-order valence-electron chi connectivity index (χ1n) is 4.48. The van der Waals surface area contributed by atoms with Gasteiger partial charge < -0.3 is 9.47 Å². The van der Waals surface area contributed by atoms with E-state index in [4.69, 9.17) is 21.1 Å². The summed E-state index contributed by atoms with van der Waals surface area (Å²) in [7, 11) is 0. The summed E-state index contributed by atoms with van der Waals surface area (Å²) in [6.07, 6.45) is 0.0281. The van der Waals surface area contributed by atoms with Gasteiger partial charge in [-0.1, -0.05) is 13.8 Å². The lowest BCUT2D eigenvalue weighted by molar-refractivity contribution is -0.139. The molecule has 1 aliphatic rings. The molecule has 0 aromatic heterocycles. The van der Waals surface area contributed by atoms with Crippen molar-refractivity contribution in [3.05, 3.63) is 0 Å². The van der Waals surface area contributed by atoms with Gasteiger partial charge in [0.1, 0.15) is 0 Å². The molecule has 1 aliphatic heterocycles. The Labute approximate surface area is 79.2 Å². The highest BCUT2D eigenvalue weighted by molar-refractivity contribution is 6.18. The summed E-state index contributed by atoms with van der Waals surface area (Å²) in [6, 6.07) is 0. The summed E-state index contributed by atoms with van der Waals surface area (Å²) >= 11 is 5.66. The molecule has 2 nitrogen and oxygen atoms in total. The van der Waals surface area contributed by atoms with Crippen LogP contribution >= 0.6 is 11.6 Å². The average molecular weight is 193 g/mol. The van der Waals surface area contributed by atoms with E-state index in [1.165, 1.54) is 0 Å². The summed E-state index contributed by atoms with van der Waals surface area (Å²) in [4.78, 5) is 0. The summed E-state index contributed by atoms with van der Waals surface area (Å²) in [5, 5.41) is 0. The van der Waals surface area contributed by atoms with E-state index in [2.05, 4.69) is 20.8 Å². The van der Waals surface area contributed by atoms with Gasteiger partial charge in [-0.15, -0.1) is 11.6 Å². The molecule has 0 aliphatic carbocycles. The van der Waals surface area contributed by atoms with Crippen molar-refractivity contribution in [3.8, 4) is 0 Å². The van der Waals surface area contributed by atoms with Gasteiger partial charge in [0.25, 0.3) is 0 Å². The largest absolute Gasteiger partial charge is 0.351 e. The van der Waals surface area contributed by atoms with E-state index in [1.807, 2.05) is 0 Å². The van der Waals surface area contributed by atoms with Gasteiger partial charge >= 0.3 is 0 Å². The van der Waals surface area contributed by atoms with Crippen molar-refractivity contribution < 1.29 is 9.47 Å². The van der Waals surface area contributed by atoms with Gasteiger partial charge in [0.15, 0.2) is 6.29 Å². The molecule has 72 valence electrons. The highest BCUT2D eigenvalue weighted by Gasteiger charge is 2.27. The SMILES string of the molecule is CC1COC(CCl)OC(C)C1C. The van der Waals surface area contributed by atoms with Crippen LogP contribution in [0, 0.1) is 11.8 Å². The van der Waals surface area contributed by atoms with E-state index >= 15 is 0 Å². The summed E-state index contributed by atoms with van der Waals surface area (Å²) in [5.74, 6) is 1.51. The lowest BCUT2D eigenvalue weighted by atomic mass is 9.92. The lowest BCUT2D eigenvalue weighted by Crippen LogP contribution is -2.25. The van der Waals surface area contributed by atoms with Crippen molar-refractivity contribution in [3.63, 3.8) is 0 Å². The predicted octanol–water partition coefficient (Wildman–Crippen LogP) is 2.26. The highest BCUT2D eigenvalue weighted by atomic mass is 35.5. The van der Waals surface area contributed by atoms with Crippen molar-refractivity contribution >= 4 is 11.6 Å². The highest BCUT2D eigenvalue weighted by Crippen LogP contribution is 2.24. The van der Waals surface area contributed by atoms with Crippen molar-refractivity contribution in [2.24, 2.45) is 11.8 Å². The molecular formula is C9H17ClO2. The third-order valence-electron chi connectivity index (χ3n) is 2.68. The first-order chi connectivity index (χ1) is 5.65.